The summed E-state index contributed by atoms with van der Waals surface area (Å²) in [5.74, 6) is -0.289. The minimum atomic E-state index is -0.289. The SMILES string of the molecule is O=C(OCCc1ccc(Br)cc1)c1ccc2cccn2c1. The highest BCUT2D eigenvalue weighted by Crippen LogP contribution is 2.12. The van der Waals surface area contributed by atoms with Crippen molar-refractivity contribution >= 4 is 27.4 Å². The highest BCUT2D eigenvalue weighted by molar-refractivity contribution is 9.10. The Bertz CT molecular complexity index is 762. The van der Waals surface area contributed by atoms with Gasteiger partial charge < -0.3 is 9.14 Å². The molecule has 1 aromatic carbocycles. The van der Waals surface area contributed by atoms with E-state index < -0.39 is 0 Å². The van der Waals surface area contributed by atoms with E-state index in [1.807, 2.05) is 53.1 Å². The molecule has 3 rings (SSSR count). The number of halogens is 1. The van der Waals surface area contributed by atoms with Crippen molar-refractivity contribution in [2.24, 2.45) is 0 Å². The first-order valence-corrected chi connectivity index (χ1v) is 7.50. The molecule has 0 aliphatic heterocycles. The van der Waals surface area contributed by atoms with Crippen molar-refractivity contribution in [2.45, 2.75) is 6.42 Å². The zero-order chi connectivity index (χ0) is 14.7. The zero-order valence-corrected chi connectivity index (χ0v) is 12.9. The number of benzene rings is 1. The van der Waals surface area contributed by atoms with E-state index in [0.29, 0.717) is 18.6 Å². The molecule has 2 aromatic heterocycles. The van der Waals surface area contributed by atoms with Crippen molar-refractivity contribution in [1.29, 1.82) is 0 Å². The topological polar surface area (TPSA) is 30.7 Å². The Morgan fingerprint density at radius 2 is 1.90 bits per heavy atom. The number of hydrogen-bond acceptors (Lipinski definition) is 2. The van der Waals surface area contributed by atoms with E-state index in [9.17, 15) is 4.79 Å². The zero-order valence-electron chi connectivity index (χ0n) is 11.3. The van der Waals surface area contributed by atoms with Crippen LogP contribution in [0, 0.1) is 0 Å². The van der Waals surface area contributed by atoms with Crippen LogP contribution in [0.15, 0.2) is 65.4 Å². The monoisotopic (exact) mass is 343 g/mol. The third kappa shape index (κ3) is 3.34. The number of pyridine rings is 1. The highest BCUT2D eigenvalue weighted by atomic mass is 79.9. The molecule has 0 aliphatic rings. The van der Waals surface area contributed by atoms with Crippen molar-refractivity contribution in [3.05, 3.63) is 76.5 Å². The summed E-state index contributed by atoms with van der Waals surface area (Å²) in [6, 6.07) is 15.6. The lowest BCUT2D eigenvalue weighted by Crippen LogP contribution is -2.08. The van der Waals surface area contributed by atoms with Crippen LogP contribution < -0.4 is 0 Å². The lowest BCUT2D eigenvalue weighted by molar-refractivity contribution is 0.0508. The third-order valence-corrected chi connectivity index (χ3v) is 3.83. The van der Waals surface area contributed by atoms with Crippen LogP contribution in [0.3, 0.4) is 0 Å². The predicted molar refractivity (Wildman–Crippen MR) is 85.5 cm³/mol. The van der Waals surface area contributed by atoms with E-state index in [4.69, 9.17) is 4.74 Å². The molecule has 0 fully saturated rings. The molecule has 0 bridgehead atoms. The Hall–Kier alpha value is -2.07. The van der Waals surface area contributed by atoms with Gasteiger partial charge >= 0.3 is 5.97 Å². The predicted octanol–water partition coefficient (Wildman–Crippen LogP) is 4.10. The molecule has 0 saturated carbocycles. The van der Waals surface area contributed by atoms with Crippen LogP contribution in [0.1, 0.15) is 15.9 Å². The lowest BCUT2D eigenvalue weighted by Gasteiger charge is -2.06. The maximum Gasteiger partial charge on any atom is 0.339 e. The smallest absolute Gasteiger partial charge is 0.339 e. The molecule has 0 aliphatic carbocycles. The van der Waals surface area contributed by atoms with Crippen LogP contribution in [-0.4, -0.2) is 17.0 Å². The molecule has 21 heavy (non-hydrogen) atoms. The van der Waals surface area contributed by atoms with Crippen LogP contribution in [-0.2, 0) is 11.2 Å². The second-order valence-electron chi connectivity index (χ2n) is 4.77. The van der Waals surface area contributed by atoms with E-state index >= 15 is 0 Å². The number of ether oxygens (including phenoxy) is 1. The van der Waals surface area contributed by atoms with Gasteiger partial charge in [0.2, 0.25) is 0 Å². The summed E-state index contributed by atoms with van der Waals surface area (Å²) in [5.41, 5.74) is 2.77. The average Bonchev–Trinajstić information content (AvgIpc) is 2.96. The van der Waals surface area contributed by atoms with E-state index in [0.717, 1.165) is 15.6 Å². The molecule has 4 heteroatoms. The first kappa shape index (κ1) is 13.9. The summed E-state index contributed by atoms with van der Waals surface area (Å²) >= 11 is 3.40. The summed E-state index contributed by atoms with van der Waals surface area (Å²) < 4.78 is 8.28. The largest absolute Gasteiger partial charge is 0.462 e. The Morgan fingerprint density at radius 1 is 1.10 bits per heavy atom. The second-order valence-corrected chi connectivity index (χ2v) is 5.69. The number of fused-ring (bicyclic) bond motifs is 1. The van der Waals surface area contributed by atoms with Crippen LogP contribution >= 0.6 is 15.9 Å². The van der Waals surface area contributed by atoms with Crippen LogP contribution in [0.25, 0.3) is 5.52 Å². The van der Waals surface area contributed by atoms with E-state index in [1.54, 1.807) is 12.3 Å². The second kappa shape index (κ2) is 6.14. The summed E-state index contributed by atoms with van der Waals surface area (Å²) in [6.45, 7) is 0.379. The quantitative estimate of drug-likeness (QED) is 0.667. The van der Waals surface area contributed by atoms with Gasteiger partial charge in [0, 0.05) is 28.8 Å². The van der Waals surface area contributed by atoms with Gasteiger partial charge in [-0.15, -0.1) is 0 Å². The van der Waals surface area contributed by atoms with Crippen LogP contribution in [0.5, 0.6) is 0 Å². The van der Waals surface area contributed by atoms with Gasteiger partial charge in [-0.1, -0.05) is 28.1 Å². The van der Waals surface area contributed by atoms with E-state index in [2.05, 4.69) is 15.9 Å². The number of hydrogen-bond donors (Lipinski definition) is 0. The third-order valence-electron chi connectivity index (χ3n) is 3.30. The minimum absolute atomic E-state index is 0.289. The molecular formula is C17H14BrNO2. The molecule has 3 aromatic rings. The van der Waals surface area contributed by atoms with Gasteiger partial charge in [0.1, 0.15) is 0 Å². The standard InChI is InChI=1S/C17H14BrNO2/c18-15-6-3-13(4-7-15)9-11-21-17(20)14-5-8-16-2-1-10-19(16)12-14/h1-8,10,12H,9,11H2. The van der Waals surface area contributed by atoms with E-state index in [1.165, 1.54) is 0 Å². The molecule has 0 amide bonds. The molecule has 0 unspecified atom stereocenters. The maximum atomic E-state index is 12.0. The molecule has 0 saturated heterocycles. The molecule has 0 atom stereocenters. The van der Waals surface area contributed by atoms with Gasteiger partial charge in [-0.2, -0.15) is 0 Å². The fraction of sp³-hybridized carbons (Fsp3) is 0.118. The number of carbonyl (C=O) groups excluding carboxylic acids is 1. The van der Waals surface area contributed by atoms with Crippen molar-refractivity contribution in [1.82, 2.24) is 4.40 Å². The van der Waals surface area contributed by atoms with E-state index in [-0.39, 0.29) is 5.97 Å². The van der Waals surface area contributed by atoms with Gasteiger partial charge in [-0.05, 0) is 42.0 Å². The molecule has 106 valence electrons. The highest BCUT2D eigenvalue weighted by Gasteiger charge is 2.07. The summed E-state index contributed by atoms with van der Waals surface area (Å²) in [7, 11) is 0. The number of rotatable bonds is 4. The number of esters is 1. The summed E-state index contributed by atoms with van der Waals surface area (Å²) in [5, 5.41) is 0. The number of nitrogens with zero attached hydrogens (tertiary/aromatic N) is 1. The van der Waals surface area contributed by atoms with Gasteiger partial charge in [0.05, 0.1) is 12.2 Å². The molecule has 0 N–H and O–H groups in total. The number of aromatic nitrogens is 1. The van der Waals surface area contributed by atoms with Crippen molar-refractivity contribution < 1.29 is 9.53 Å². The Morgan fingerprint density at radius 3 is 2.71 bits per heavy atom. The van der Waals surface area contributed by atoms with Gasteiger partial charge in [-0.3, -0.25) is 0 Å². The normalized spacial score (nSPS) is 10.7. The maximum absolute atomic E-state index is 12.0. The molecule has 3 nitrogen and oxygen atoms in total. The molecular weight excluding hydrogens is 330 g/mol. The molecule has 2 heterocycles. The minimum Gasteiger partial charge on any atom is -0.462 e. The van der Waals surface area contributed by atoms with Crippen molar-refractivity contribution in [3.63, 3.8) is 0 Å². The Kier molecular flexibility index (Phi) is 4.06. The number of carbonyl (C=O) groups is 1. The fourth-order valence-electron chi connectivity index (χ4n) is 2.15. The van der Waals surface area contributed by atoms with Gasteiger partial charge in [0.25, 0.3) is 0 Å². The summed E-state index contributed by atoms with van der Waals surface area (Å²) in [6.07, 6.45) is 4.41. The van der Waals surface area contributed by atoms with Gasteiger partial charge in [0.15, 0.2) is 0 Å². The van der Waals surface area contributed by atoms with Crippen molar-refractivity contribution in [3.8, 4) is 0 Å². The molecule has 0 radical (unpaired) electrons. The van der Waals surface area contributed by atoms with Gasteiger partial charge in [-0.25, -0.2) is 4.79 Å². The Balaban J connectivity index is 1.59. The first-order chi connectivity index (χ1) is 10.2. The summed E-state index contributed by atoms with van der Waals surface area (Å²) in [4.78, 5) is 12.0. The Labute approximate surface area is 131 Å². The van der Waals surface area contributed by atoms with Crippen molar-refractivity contribution in [2.75, 3.05) is 6.61 Å². The van der Waals surface area contributed by atoms with Crippen LogP contribution in [0.2, 0.25) is 0 Å². The van der Waals surface area contributed by atoms with Crippen LogP contribution in [0.4, 0.5) is 0 Å². The average molecular weight is 344 g/mol. The first-order valence-electron chi connectivity index (χ1n) is 6.71. The fourth-order valence-corrected chi connectivity index (χ4v) is 2.41. The lowest BCUT2D eigenvalue weighted by atomic mass is 10.2. The molecule has 0 spiro atoms.